The van der Waals surface area contributed by atoms with E-state index in [1.807, 2.05) is 30.3 Å². The quantitative estimate of drug-likeness (QED) is 0.312. The van der Waals surface area contributed by atoms with E-state index in [0.29, 0.717) is 18.5 Å². The number of ether oxygens (including phenoxy) is 1. The normalized spacial score (nSPS) is 21.7. The predicted octanol–water partition coefficient (Wildman–Crippen LogP) is 5.07. The van der Waals surface area contributed by atoms with Gasteiger partial charge in [-0.1, -0.05) is 41.9 Å². The molecule has 5 rings (SSSR count). The maximum absolute atomic E-state index is 16.3. The molecule has 5 N–H and O–H groups in total. The zero-order valence-corrected chi connectivity index (χ0v) is 21.6. The molecule has 3 atom stereocenters. The van der Waals surface area contributed by atoms with Crippen molar-refractivity contribution in [1.82, 2.24) is 5.32 Å². The minimum Gasteiger partial charge on any atom is -0.482 e. The van der Waals surface area contributed by atoms with Crippen LogP contribution in [0.25, 0.3) is 11.1 Å². The van der Waals surface area contributed by atoms with Crippen LogP contribution in [0.2, 0.25) is 5.02 Å². The number of amides is 1. The van der Waals surface area contributed by atoms with Crippen molar-refractivity contribution < 1.29 is 28.5 Å². The molecule has 200 valence electrons. The summed E-state index contributed by atoms with van der Waals surface area (Å²) in [5.41, 5.74) is 5.85. The Morgan fingerprint density at radius 3 is 2.58 bits per heavy atom. The Morgan fingerprint density at radius 2 is 1.89 bits per heavy atom. The van der Waals surface area contributed by atoms with Crippen molar-refractivity contribution in [3.05, 3.63) is 86.9 Å². The lowest BCUT2D eigenvalue weighted by atomic mass is 9.82. The van der Waals surface area contributed by atoms with Gasteiger partial charge >= 0.3 is 0 Å². The lowest BCUT2D eigenvalue weighted by Gasteiger charge is -2.29. The van der Waals surface area contributed by atoms with E-state index in [1.165, 1.54) is 19.2 Å². The molecule has 0 saturated carbocycles. The summed E-state index contributed by atoms with van der Waals surface area (Å²) in [6, 6.07) is 12.1. The van der Waals surface area contributed by atoms with Crippen LogP contribution in [-0.4, -0.2) is 29.7 Å². The van der Waals surface area contributed by atoms with E-state index >= 15 is 8.78 Å². The molecule has 0 radical (unpaired) electrons. The number of nitrogens with two attached hydrogens (primary N) is 1. The van der Waals surface area contributed by atoms with Gasteiger partial charge in [-0.2, -0.15) is 0 Å². The highest BCUT2D eigenvalue weighted by atomic mass is 35.5. The van der Waals surface area contributed by atoms with Crippen molar-refractivity contribution in [2.75, 3.05) is 13.6 Å². The number of nitrogens with one attached hydrogen (secondary N) is 1. The van der Waals surface area contributed by atoms with Crippen LogP contribution in [-0.2, 0) is 12.0 Å². The van der Waals surface area contributed by atoms with Crippen LogP contribution in [0.3, 0.4) is 0 Å². The molecule has 3 unspecified atom stereocenters. The molecule has 0 aromatic heterocycles. The highest BCUT2D eigenvalue weighted by Gasteiger charge is 2.44. The first kappa shape index (κ1) is 26.6. The van der Waals surface area contributed by atoms with Gasteiger partial charge in [0.05, 0.1) is 22.8 Å². The second kappa shape index (κ2) is 10.3. The minimum atomic E-state index is -1.28. The van der Waals surface area contributed by atoms with Crippen LogP contribution in [0.4, 0.5) is 8.78 Å². The molecule has 0 fully saturated rings. The van der Waals surface area contributed by atoms with Gasteiger partial charge in [0.25, 0.3) is 5.91 Å². The number of hydrogen-bond acceptors (Lipinski definition) is 5. The van der Waals surface area contributed by atoms with Crippen molar-refractivity contribution in [1.29, 1.82) is 0 Å². The Balaban J connectivity index is 1.76. The predicted molar refractivity (Wildman–Crippen MR) is 140 cm³/mol. The van der Waals surface area contributed by atoms with Crippen molar-refractivity contribution >= 4 is 17.5 Å². The maximum Gasteiger partial charge on any atom is 0.251 e. The number of carbonyl (C=O) groups excluding carboxylic acids is 1. The molecule has 1 aliphatic carbocycles. The third kappa shape index (κ3) is 4.25. The summed E-state index contributed by atoms with van der Waals surface area (Å²) in [5, 5.41) is 23.0. The Labute approximate surface area is 224 Å². The Morgan fingerprint density at radius 1 is 1.16 bits per heavy atom. The number of aliphatic hydroxyl groups is 2. The average Bonchev–Trinajstić information content (AvgIpc) is 3.42. The molecule has 2 aliphatic rings. The molecule has 38 heavy (non-hydrogen) atoms. The molecule has 0 saturated heterocycles. The second-order valence-electron chi connectivity index (χ2n) is 9.87. The van der Waals surface area contributed by atoms with Crippen molar-refractivity contribution in [3.8, 4) is 16.9 Å². The van der Waals surface area contributed by atoms with Gasteiger partial charge < -0.3 is 26.0 Å². The molecule has 0 spiro atoms. The molecule has 3 aromatic rings. The first-order valence-corrected chi connectivity index (χ1v) is 13.0. The molecular formula is C29H29ClF2N2O4. The Kier molecular flexibility index (Phi) is 7.17. The smallest absolute Gasteiger partial charge is 0.251 e. The molecular weight excluding hydrogens is 514 g/mol. The summed E-state index contributed by atoms with van der Waals surface area (Å²) in [5.74, 6) is -2.17. The largest absolute Gasteiger partial charge is 0.482 e. The first-order chi connectivity index (χ1) is 18.2. The van der Waals surface area contributed by atoms with Crippen molar-refractivity contribution in [3.63, 3.8) is 0 Å². The van der Waals surface area contributed by atoms with Gasteiger partial charge in [0, 0.05) is 48.2 Å². The van der Waals surface area contributed by atoms with Gasteiger partial charge in [0.15, 0.2) is 0 Å². The number of fused-ring (bicyclic) bond motifs is 2. The SMILES string of the molecule is CNC(=O)c1cc2c(c(F)c1-c1c(Cl)c(F)cc3c1CC(CCCCN)(c1ccccc1)O3)C(O)CC2O. The fourth-order valence-corrected chi connectivity index (χ4v) is 6.02. The molecule has 1 aliphatic heterocycles. The van der Waals surface area contributed by atoms with Crippen LogP contribution in [0.1, 0.15) is 70.5 Å². The van der Waals surface area contributed by atoms with Crippen LogP contribution >= 0.6 is 11.6 Å². The second-order valence-corrected chi connectivity index (χ2v) is 10.2. The van der Waals surface area contributed by atoms with Gasteiger partial charge in [-0.05, 0) is 43.0 Å². The minimum absolute atomic E-state index is 0.00536. The summed E-state index contributed by atoms with van der Waals surface area (Å²) in [6.45, 7) is 0.507. The van der Waals surface area contributed by atoms with Gasteiger partial charge in [0.1, 0.15) is 23.0 Å². The number of carbonyl (C=O) groups is 1. The topological polar surface area (TPSA) is 105 Å². The molecule has 1 amide bonds. The lowest BCUT2D eigenvalue weighted by molar-refractivity contribution is 0.0793. The van der Waals surface area contributed by atoms with Gasteiger partial charge in [-0.25, -0.2) is 8.78 Å². The molecule has 0 bridgehead atoms. The summed E-state index contributed by atoms with van der Waals surface area (Å²) >= 11 is 6.53. The van der Waals surface area contributed by atoms with Crippen LogP contribution in [0.15, 0.2) is 42.5 Å². The fourth-order valence-electron chi connectivity index (χ4n) is 5.76. The van der Waals surface area contributed by atoms with Gasteiger partial charge in [-0.15, -0.1) is 0 Å². The summed E-state index contributed by atoms with van der Waals surface area (Å²) < 4.78 is 38.1. The zero-order valence-electron chi connectivity index (χ0n) is 20.9. The zero-order chi connectivity index (χ0) is 27.2. The molecule has 6 nitrogen and oxygen atoms in total. The van der Waals surface area contributed by atoms with Crippen LogP contribution < -0.4 is 15.8 Å². The monoisotopic (exact) mass is 542 g/mol. The number of aliphatic hydroxyl groups excluding tert-OH is 2. The fraction of sp³-hybridized carbons (Fsp3) is 0.345. The summed E-state index contributed by atoms with van der Waals surface area (Å²) in [7, 11) is 1.39. The number of hydrogen-bond donors (Lipinski definition) is 4. The highest BCUT2D eigenvalue weighted by Crippen LogP contribution is 2.53. The Bertz CT molecular complexity index is 1400. The highest BCUT2D eigenvalue weighted by molar-refractivity contribution is 6.34. The number of halogens is 3. The van der Waals surface area contributed by atoms with E-state index in [-0.39, 0.29) is 51.4 Å². The summed E-state index contributed by atoms with van der Waals surface area (Å²) in [6.07, 6.45) is -0.212. The molecule has 9 heteroatoms. The van der Waals surface area contributed by atoms with Gasteiger partial charge in [0.2, 0.25) is 0 Å². The Hall–Kier alpha value is -3.04. The van der Waals surface area contributed by atoms with Crippen molar-refractivity contribution in [2.45, 2.75) is 49.9 Å². The summed E-state index contributed by atoms with van der Waals surface area (Å²) in [4.78, 5) is 13.0. The standard InChI is InChI=1S/C29H29ClF2N2O4/c1-34-28(37)17-11-16-20(35)13-21(36)23(16)27(32)25(17)24-18-14-29(9-5-6-10-33,15-7-3-2-4-8-15)38-22(18)12-19(31)26(24)30/h2-4,7-8,11-12,20-21,35-36H,5-6,9-10,13-14,33H2,1H3,(H,34,37). The third-order valence-corrected chi connectivity index (χ3v) is 7.95. The number of unbranched alkanes of at least 4 members (excludes halogenated alkanes) is 1. The molecule has 1 heterocycles. The van der Waals surface area contributed by atoms with Crippen molar-refractivity contribution in [2.24, 2.45) is 5.73 Å². The maximum atomic E-state index is 16.3. The number of benzene rings is 3. The van der Waals surface area contributed by atoms with E-state index in [0.717, 1.165) is 18.4 Å². The van der Waals surface area contributed by atoms with E-state index in [4.69, 9.17) is 22.1 Å². The van der Waals surface area contributed by atoms with Crippen LogP contribution in [0, 0.1) is 11.6 Å². The van der Waals surface area contributed by atoms with E-state index in [2.05, 4.69) is 5.32 Å². The van der Waals surface area contributed by atoms with E-state index < -0.39 is 35.4 Å². The van der Waals surface area contributed by atoms with E-state index in [1.54, 1.807) is 0 Å². The van der Waals surface area contributed by atoms with Gasteiger partial charge in [-0.3, -0.25) is 4.79 Å². The van der Waals surface area contributed by atoms with E-state index in [9.17, 15) is 15.0 Å². The lowest BCUT2D eigenvalue weighted by Crippen LogP contribution is -2.31. The average molecular weight is 543 g/mol. The third-order valence-electron chi connectivity index (χ3n) is 7.59. The van der Waals surface area contributed by atoms with Crippen LogP contribution in [0.5, 0.6) is 5.75 Å². The first-order valence-electron chi connectivity index (χ1n) is 12.6. The number of rotatable bonds is 7. The molecule has 3 aromatic carbocycles.